The SMILES string of the molecule is Cc1cc(N(Cc2cccs2)C(C)C)ccc1CC(C)N. The zero-order valence-corrected chi connectivity index (χ0v) is 14.3. The Hall–Kier alpha value is -1.32. The first-order valence-corrected chi connectivity index (χ1v) is 8.49. The number of hydrogen-bond acceptors (Lipinski definition) is 3. The summed E-state index contributed by atoms with van der Waals surface area (Å²) in [6, 6.07) is 11.8. The van der Waals surface area contributed by atoms with Gasteiger partial charge in [-0.15, -0.1) is 11.3 Å². The molecule has 2 nitrogen and oxygen atoms in total. The van der Waals surface area contributed by atoms with Gasteiger partial charge in [0.05, 0.1) is 6.54 Å². The molecule has 2 aromatic rings. The van der Waals surface area contributed by atoms with Crippen LogP contribution in [0.25, 0.3) is 0 Å². The van der Waals surface area contributed by atoms with E-state index in [1.54, 1.807) is 0 Å². The van der Waals surface area contributed by atoms with Crippen molar-refractivity contribution in [3.63, 3.8) is 0 Å². The highest BCUT2D eigenvalue weighted by Gasteiger charge is 2.13. The van der Waals surface area contributed by atoms with Gasteiger partial charge in [0, 0.05) is 22.6 Å². The molecule has 0 spiro atoms. The van der Waals surface area contributed by atoms with Crippen LogP contribution in [0.1, 0.15) is 36.8 Å². The summed E-state index contributed by atoms with van der Waals surface area (Å²) in [6.45, 7) is 9.72. The highest BCUT2D eigenvalue weighted by atomic mass is 32.1. The summed E-state index contributed by atoms with van der Waals surface area (Å²) in [5.41, 5.74) is 9.91. The van der Waals surface area contributed by atoms with Gasteiger partial charge in [0.25, 0.3) is 0 Å². The molecule has 21 heavy (non-hydrogen) atoms. The molecule has 1 unspecified atom stereocenters. The third-order valence-electron chi connectivity index (χ3n) is 3.73. The number of anilines is 1. The monoisotopic (exact) mass is 302 g/mol. The summed E-state index contributed by atoms with van der Waals surface area (Å²) in [6.07, 6.45) is 0.943. The fourth-order valence-electron chi connectivity index (χ4n) is 2.58. The lowest BCUT2D eigenvalue weighted by Crippen LogP contribution is -2.30. The lowest BCUT2D eigenvalue weighted by atomic mass is 10.0. The van der Waals surface area contributed by atoms with Gasteiger partial charge >= 0.3 is 0 Å². The molecule has 114 valence electrons. The maximum atomic E-state index is 5.92. The second-order valence-electron chi connectivity index (χ2n) is 6.09. The normalized spacial score (nSPS) is 12.7. The molecule has 1 aromatic carbocycles. The zero-order valence-electron chi connectivity index (χ0n) is 13.5. The third-order valence-corrected chi connectivity index (χ3v) is 4.59. The van der Waals surface area contributed by atoms with E-state index in [2.05, 4.69) is 68.3 Å². The van der Waals surface area contributed by atoms with Crippen LogP contribution < -0.4 is 10.6 Å². The molecule has 2 N–H and O–H groups in total. The second-order valence-corrected chi connectivity index (χ2v) is 7.13. The van der Waals surface area contributed by atoms with Crippen LogP contribution in [0.4, 0.5) is 5.69 Å². The molecule has 0 saturated carbocycles. The molecule has 1 heterocycles. The van der Waals surface area contributed by atoms with Crippen LogP contribution in [0.15, 0.2) is 35.7 Å². The summed E-state index contributed by atoms with van der Waals surface area (Å²) in [7, 11) is 0. The van der Waals surface area contributed by atoms with E-state index in [1.807, 2.05) is 11.3 Å². The number of thiophene rings is 1. The van der Waals surface area contributed by atoms with E-state index >= 15 is 0 Å². The molecule has 2 rings (SSSR count). The fraction of sp³-hybridized carbons (Fsp3) is 0.444. The van der Waals surface area contributed by atoms with Crippen LogP contribution in [-0.2, 0) is 13.0 Å². The van der Waals surface area contributed by atoms with Crippen LogP contribution in [-0.4, -0.2) is 12.1 Å². The Balaban J connectivity index is 2.22. The molecule has 3 heteroatoms. The molecule has 0 aliphatic heterocycles. The minimum Gasteiger partial charge on any atom is -0.364 e. The van der Waals surface area contributed by atoms with Crippen LogP contribution in [0.5, 0.6) is 0 Å². The van der Waals surface area contributed by atoms with E-state index in [1.165, 1.54) is 21.7 Å². The van der Waals surface area contributed by atoms with Crippen molar-refractivity contribution in [2.24, 2.45) is 5.73 Å². The van der Waals surface area contributed by atoms with Crippen LogP contribution >= 0.6 is 11.3 Å². The maximum absolute atomic E-state index is 5.92. The smallest absolute Gasteiger partial charge is 0.0525 e. The predicted molar refractivity (Wildman–Crippen MR) is 94.2 cm³/mol. The Morgan fingerprint density at radius 1 is 1.19 bits per heavy atom. The van der Waals surface area contributed by atoms with Crippen molar-refractivity contribution in [2.45, 2.75) is 52.7 Å². The van der Waals surface area contributed by atoms with E-state index in [-0.39, 0.29) is 6.04 Å². The van der Waals surface area contributed by atoms with E-state index < -0.39 is 0 Å². The minimum atomic E-state index is 0.210. The second kappa shape index (κ2) is 7.10. The van der Waals surface area contributed by atoms with Gasteiger partial charge in [0.2, 0.25) is 0 Å². The first-order valence-electron chi connectivity index (χ1n) is 7.61. The van der Waals surface area contributed by atoms with Gasteiger partial charge < -0.3 is 10.6 Å². The lowest BCUT2D eigenvalue weighted by Gasteiger charge is -2.29. The van der Waals surface area contributed by atoms with E-state index in [9.17, 15) is 0 Å². The van der Waals surface area contributed by atoms with Gasteiger partial charge in [-0.3, -0.25) is 0 Å². The quantitative estimate of drug-likeness (QED) is 0.859. The number of hydrogen-bond donors (Lipinski definition) is 1. The van der Waals surface area contributed by atoms with Crippen molar-refractivity contribution in [1.82, 2.24) is 0 Å². The molecule has 1 atom stereocenters. The fourth-order valence-corrected chi connectivity index (χ4v) is 3.28. The molecule has 0 aliphatic rings. The van der Waals surface area contributed by atoms with Crippen molar-refractivity contribution >= 4 is 17.0 Å². The van der Waals surface area contributed by atoms with Crippen LogP contribution in [0.2, 0.25) is 0 Å². The van der Waals surface area contributed by atoms with Gasteiger partial charge in [-0.05, 0) is 68.8 Å². The standard InChI is InChI=1S/C18H26N2S/c1-13(2)20(12-18-6-5-9-21-18)17-8-7-16(11-15(4)19)14(3)10-17/h5-10,13,15H,11-12,19H2,1-4H3. The van der Waals surface area contributed by atoms with Crippen LogP contribution in [0, 0.1) is 6.92 Å². The van der Waals surface area contributed by atoms with Gasteiger partial charge in [0.1, 0.15) is 0 Å². The summed E-state index contributed by atoms with van der Waals surface area (Å²) in [5, 5.41) is 2.14. The van der Waals surface area contributed by atoms with E-state index in [0.717, 1.165) is 13.0 Å². The average Bonchev–Trinajstić information content (AvgIpc) is 2.90. The Kier molecular flexibility index (Phi) is 5.43. The molecule has 1 aromatic heterocycles. The zero-order chi connectivity index (χ0) is 15.4. The summed E-state index contributed by atoms with van der Waals surface area (Å²) in [4.78, 5) is 3.86. The first kappa shape index (κ1) is 16.1. The number of nitrogens with zero attached hydrogens (tertiary/aromatic N) is 1. The van der Waals surface area contributed by atoms with Crippen molar-refractivity contribution < 1.29 is 0 Å². The number of rotatable bonds is 6. The van der Waals surface area contributed by atoms with Gasteiger partial charge in [-0.2, -0.15) is 0 Å². The largest absolute Gasteiger partial charge is 0.364 e. The van der Waals surface area contributed by atoms with Crippen LogP contribution in [0.3, 0.4) is 0 Å². The average molecular weight is 302 g/mol. The van der Waals surface area contributed by atoms with Crippen molar-refractivity contribution in [3.05, 3.63) is 51.7 Å². The van der Waals surface area contributed by atoms with Gasteiger partial charge in [-0.1, -0.05) is 12.1 Å². The Morgan fingerprint density at radius 3 is 2.48 bits per heavy atom. The Labute approximate surface area is 132 Å². The lowest BCUT2D eigenvalue weighted by molar-refractivity contribution is 0.686. The maximum Gasteiger partial charge on any atom is 0.0525 e. The predicted octanol–water partition coefficient (Wildman–Crippen LogP) is 4.36. The molecule has 0 amide bonds. The topological polar surface area (TPSA) is 29.3 Å². The molecular weight excluding hydrogens is 276 g/mol. The Bertz CT molecular complexity index is 559. The van der Waals surface area contributed by atoms with Crippen molar-refractivity contribution in [2.75, 3.05) is 4.90 Å². The third kappa shape index (κ3) is 4.32. The van der Waals surface area contributed by atoms with Crippen molar-refractivity contribution in [3.8, 4) is 0 Å². The molecule has 0 bridgehead atoms. The van der Waals surface area contributed by atoms with Gasteiger partial charge in [-0.25, -0.2) is 0 Å². The first-order chi connectivity index (χ1) is 9.97. The van der Waals surface area contributed by atoms with Gasteiger partial charge in [0.15, 0.2) is 0 Å². The minimum absolute atomic E-state index is 0.210. The number of aryl methyl sites for hydroxylation is 1. The molecular formula is C18H26N2S. The summed E-state index contributed by atoms with van der Waals surface area (Å²) < 4.78 is 0. The number of nitrogens with two attached hydrogens (primary N) is 1. The molecule has 0 saturated heterocycles. The summed E-state index contributed by atoms with van der Waals surface area (Å²) in [5.74, 6) is 0. The summed E-state index contributed by atoms with van der Waals surface area (Å²) >= 11 is 1.82. The molecule has 0 fully saturated rings. The molecule has 0 aliphatic carbocycles. The Morgan fingerprint density at radius 2 is 1.95 bits per heavy atom. The van der Waals surface area contributed by atoms with E-state index in [4.69, 9.17) is 5.73 Å². The number of benzene rings is 1. The molecule has 0 radical (unpaired) electrons. The highest BCUT2D eigenvalue weighted by Crippen LogP contribution is 2.25. The van der Waals surface area contributed by atoms with E-state index in [0.29, 0.717) is 6.04 Å². The highest BCUT2D eigenvalue weighted by molar-refractivity contribution is 7.09. The van der Waals surface area contributed by atoms with Crippen molar-refractivity contribution in [1.29, 1.82) is 0 Å².